The highest BCUT2D eigenvalue weighted by molar-refractivity contribution is 5.69. The Hall–Kier alpha value is -1.84. The summed E-state index contributed by atoms with van der Waals surface area (Å²) in [5.41, 5.74) is 4.98. The number of ether oxygens (including phenoxy) is 2. The van der Waals surface area contributed by atoms with Gasteiger partial charge in [0.25, 0.3) is 0 Å². The zero-order valence-corrected chi connectivity index (χ0v) is 15.5. The number of likely N-dealkylation sites (tertiary alicyclic amines) is 1. The van der Waals surface area contributed by atoms with Crippen molar-refractivity contribution in [2.45, 2.75) is 57.5 Å². The van der Waals surface area contributed by atoms with Crippen LogP contribution in [0.25, 0.3) is 11.1 Å². The lowest BCUT2D eigenvalue weighted by atomic mass is 9.89. The highest BCUT2D eigenvalue weighted by atomic mass is 16.7. The fraction of sp³-hybridized carbons (Fsp3) is 0.478. The maximum atomic E-state index is 6.41. The van der Waals surface area contributed by atoms with E-state index in [2.05, 4.69) is 54.3 Å². The molecule has 0 unspecified atom stereocenters. The minimum absolute atomic E-state index is 0.405. The van der Waals surface area contributed by atoms with Gasteiger partial charge in [0.15, 0.2) is 0 Å². The first kappa shape index (κ1) is 16.3. The Labute approximate surface area is 155 Å². The summed E-state index contributed by atoms with van der Waals surface area (Å²) < 4.78 is 12.7. The van der Waals surface area contributed by atoms with Crippen molar-refractivity contribution in [2.24, 2.45) is 0 Å². The maximum absolute atomic E-state index is 6.41. The quantitative estimate of drug-likeness (QED) is 0.768. The van der Waals surface area contributed by atoms with Gasteiger partial charge in [0.1, 0.15) is 5.75 Å². The summed E-state index contributed by atoms with van der Waals surface area (Å²) in [6.45, 7) is 5.01. The third-order valence-corrected chi connectivity index (χ3v) is 6.45. The predicted octanol–water partition coefficient (Wildman–Crippen LogP) is 4.92. The van der Waals surface area contributed by atoms with Crippen LogP contribution in [0.2, 0.25) is 0 Å². The number of hydrogen-bond donors (Lipinski definition) is 0. The second kappa shape index (κ2) is 6.40. The van der Waals surface area contributed by atoms with Crippen molar-refractivity contribution in [3.8, 4) is 16.9 Å². The summed E-state index contributed by atoms with van der Waals surface area (Å²) >= 11 is 0. The van der Waals surface area contributed by atoms with Gasteiger partial charge in [-0.15, -0.1) is 0 Å². The smallest absolute Gasteiger partial charge is 0.213 e. The highest BCUT2D eigenvalue weighted by Gasteiger charge is 2.42. The van der Waals surface area contributed by atoms with E-state index in [1.54, 1.807) is 0 Å². The van der Waals surface area contributed by atoms with Gasteiger partial charge < -0.3 is 9.47 Å². The second-order valence-electron chi connectivity index (χ2n) is 8.06. The monoisotopic (exact) mass is 349 g/mol. The third-order valence-electron chi connectivity index (χ3n) is 6.45. The summed E-state index contributed by atoms with van der Waals surface area (Å²) in [5, 5.41) is 0. The minimum atomic E-state index is -0.405. The molecule has 26 heavy (non-hydrogen) atoms. The molecule has 2 aliphatic heterocycles. The minimum Gasteiger partial charge on any atom is -0.462 e. The largest absolute Gasteiger partial charge is 0.462 e. The van der Waals surface area contributed by atoms with Crippen molar-refractivity contribution in [2.75, 3.05) is 13.1 Å². The van der Waals surface area contributed by atoms with Crippen LogP contribution in [-0.4, -0.2) is 29.8 Å². The highest BCUT2D eigenvalue weighted by Crippen LogP contribution is 2.40. The molecule has 0 amide bonds. The summed E-state index contributed by atoms with van der Waals surface area (Å²) in [5.74, 6) is 0.600. The summed E-state index contributed by atoms with van der Waals surface area (Å²) in [6.07, 6.45) is 6.10. The van der Waals surface area contributed by atoms with E-state index in [0.717, 1.165) is 43.3 Å². The molecule has 2 aromatic rings. The van der Waals surface area contributed by atoms with Gasteiger partial charge in [0, 0.05) is 37.5 Å². The van der Waals surface area contributed by atoms with Gasteiger partial charge in [-0.3, -0.25) is 4.90 Å². The molecule has 3 aliphatic rings. The number of fused-ring (bicyclic) bond motifs is 1. The van der Waals surface area contributed by atoms with Crippen molar-refractivity contribution in [3.63, 3.8) is 0 Å². The van der Waals surface area contributed by atoms with Crippen molar-refractivity contribution in [3.05, 3.63) is 53.6 Å². The van der Waals surface area contributed by atoms with Crippen molar-refractivity contribution >= 4 is 0 Å². The van der Waals surface area contributed by atoms with Gasteiger partial charge in [-0.25, -0.2) is 0 Å². The number of rotatable bonds is 2. The van der Waals surface area contributed by atoms with Crippen LogP contribution >= 0.6 is 0 Å². The molecule has 3 heteroatoms. The van der Waals surface area contributed by atoms with Crippen LogP contribution in [-0.2, 0) is 11.3 Å². The molecule has 136 valence electrons. The van der Waals surface area contributed by atoms with Crippen LogP contribution in [0.3, 0.4) is 0 Å². The van der Waals surface area contributed by atoms with E-state index in [9.17, 15) is 0 Å². The molecular formula is C23H27NO2. The first-order valence-corrected chi connectivity index (χ1v) is 9.98. The van der Waals surface area contributed by atoms with Gasteiger partial charge >= 0.3 is 0 Å². The summed E-state index contributed by atoms with van der Waals surface area (Å²) in [7, 11) is 0. The number of hydrogen-bond acceptors (Lipinski definition) is 3. The van der Waals surface area contributed by atoms with Crippen molar-refractivity contribution < 1.29 is 9.47 Å². The number of nitrogens with zero attached hydrogens (tertiary/aromatic N) is 1. The number of benzene rings is 2. The lowest BCUT2D eigenvalue weighted by Crippen LogP contribution is -2.54. The van der Waals surface area contributed by atoms with Crippen LogP contribution in [0.1, 0.15) is 43.2 Å². The van der Waals surface area contributed by atoms with Crippen LogP contribution in [0.4, 0.5) is 0 Å². The van der Waals surface area contributed by atoms with Gasteiger partial charge in [0.05, 0.1) is 6.61 Å². The molecule has 0 radical (unpaired) electrons. The number of piperidine rings is 1. The zero-order valence-electron chi connectivity index (χ0n) is 15.5. The molecule has 1 saturated carbocycles. The van der Waals surface area contributed by atoms with Gasteiger partial charge in [-0.1, -0.05) is 36.8 Å². The average Bonchev–Trinajstić information content (AvgIpc) is 2.62. The standard InChI is InChI=1S/C23H27NO2/c1-17-5-2-3-8-21(17)18-9-10-22-19(15-18)16-25-23(26-22)11-13-24(14-12-23)20-6-4-7-20/h2-3,5,8-10,15,20H,4,6-7,11-14,16H2,1H3. The van der Waals surface area contributed by atoms with Gasteiger partial charge in [-0.05, 0) is 48.6 Å². The Balaban J connectivity index is 1.33. The van der Waals surface area contributed by atoms with Crippen molar-refractivity contribution in [1.82, 2.24) is 4.90 Å². The molecule has 2 fully saturated rings. The fourth-order valence-corrected chi connectivity index (χ4v) is 4.52. The molecule has 5 rings (SSSR count). The molecule has 0 aromatic heterocycles. The molecule has 0 N–H and O–H groups in total. The summed E-state index contributed by atoms with van der Waals surface area (Å²) in [4.78, 5) is 2.64. The Bertz CT molecular complexity index is 804. The van der Waals surface area contributed by atoms with Crippen LogP contribution < -0.4 is 4.74 Å². The first-order chi connectivity index (χ1) is 12.7. The first-order valence-electron chi connectivity index (χ1n) is 9.98. The van der Waals surface area contributed by atoms with E-state index in [-0.39, 0.29) is 0 Å². The Kier molecular flexibility index (Phi) is 4.02. The topological polar surface area (TPSA) is 21.7 Å². The SMILES string of the molecule is Cc1ccccc1-c1ccc2c(c1)COC1(CCN(C3CCC3)CC1)O2. The average molecular weight is 349 g/mol. The molecule has 0 bridgehead atoms. The molecule has 1 aliphatic carbocycles. The molecule has 3 nitrogen and oxygen atoms in total. The third kappa shape index (κ3) is 2.83. The molecule has 1 saturated heterocycles. The Morgan fingerprint density at radius 2 is 1.85 bits per heavy atom. The molecule has 1 spiro atoms. The lowest BCUT2D eigenvalue weighted by Gasteiger charge is -2.47. The second-order valence-corrected chi connectivity index (χ2v) is 8.06. The molecular weight excluding hydrogens is 322 g/mol. The Morgan fingerprint density at radius 3 is 2.58 bits per heavy atom. The molecule has 2 heterocycles. The normalized spacial score (nSPS) is 22.5. The van der Waals surface area contributed by atoms with Gasteiger partial charge in [0.2, 0.25) is 5.79 Å². The van der Waals surface area contributed by atoms with Crippen molar-refractivity contribution in [1.29, 1.82) is 0 Å². The predicted molar refractivity (Wildman–Crippen MR) is 103 cm³/mol. The zero-order chi connectivity index (χ0) is 17.6. The summed E-state index contributed by atoms with van der Waals surface area (Å²) in [6, 6.07) is 15.9. The van der Waals surface area contributed by atoms with E-state index < -0.39 is 5.79 Å². The van der Waals surface area contributed by atoms with Crippen LogP contribution in [0.5, 0.6) is 5.75 Å². The van der Waals surface area contributed by atoms with Crippen LogP contribution in [0, 0.1) is 6.92 Å². The van der Waals surface area contributed by atoms with Gasteiger partial charge in [-0.2, -0.15) is 0 Å². The van der Waals surface area contributed by atoms with E-state index >= 15 is 0 Å². The Morgan fingerprint density at radius 1 is 1.04 bits per heavy atom. The fourth-order valence-electron chi connectivity index (χ4n) is 4.52. The lowest BCUT2D eigenvalue weighted by molar-refractivity contribution is -0.231. The molecule has 0 atom stereocenters. The van der Waals surface area contributed by atoms with E-state index in [1.807, 2.05) is 0 Å². The molecule has 2 aromatic carbocycles. The number of aryl methyl sites for hydroxylation is 1. The maximum Gasteiger partial charge on any atom is 0.213 e. The van der Waals surface area contributed by atoms with E-state index in [1.165, 1.54) is 36.0 Å². The van der Waals surface area contributed by atoms with E-state index in [0.29, 0.717) is 6.61 Å². The van der Waals surface area contributed by atoms with E-state index in [4.69, 9.17) is 9.47 Å². The van der Waals surface area contributed by atoms with Crippen LogP contribution in [0.15, 0.2) is 42.5 Å².